The minimum Gasteiger partial charge on any atom is -0.369 e. The normalized spacial score (nSPS) is 23.3. The zero-order valence-corrected chi connectivity index (χ0v) is 16.6. The molecule has 4 N–H and O–H groups in total. The van der Waals surface area contributed by atoms with Crippen LogP contribution in [0, 0.1) is 0 Å². The van der Waals surface area contributed by atoms with Gasteiger partial charge in [-0.3, -0.25) is 4.90 Å². The third-order valence-corrected chi connectivity index (χ3v) is 6.19. The van der Waals surface area contributed by atoms with Crippen LogP contribution in [0.2, 0.25) is 5.02 Å². The zero-order chi connectivity index (χ0) is 19.0. The molecule has 3 aliphatic rings. The first-order chi connectivity index (χ1) is 13.0. The Bertz CT molecular complexity index is 761. The lowest BCUT2D eigenvalue weighted by atomic mass is 9.87. The van der Waals surface area contributed by atoms with Gasteiger partial charge in [-0.2, -0.15) is 4.99 Å². The van der Waals surface area contributed by atoms with Gasteiger partial charge in [0.2, 0.25) is 11.9 Å². The van der Waals surface area contributed by atoms with E-state index >= 15 is 0 Å². The van der Waals surface area contributed by atoms with Gasteiger partial charge < -0.3 is 21.3 Å². The maximum absolute atomic E-state index is 6.75. The summed E-state index contributed by atoms with van der Waals surface area (Å²) >= 11 is 6.75. The lowest BCUT2D eigenvalue weighted by molar-refractivity contribution is 0.305. The first-order valence-electron chi connectivity index (χ1n) is 9.71. The third kappa shape index (κ3) is 3.46. The average molecular weight is 390 g/mol. The van der Waals surface area contributed by atoms with Gasteiger partial charge in [0.05, 0.1) is 10.7 Å². The Labute approximate surface area is 165 Å². The summed E-state index contributed by atoms with van der Waals surface area (Å²) in [5, 5.41) is 0.671. The number of piperazine rings is 1. The molecule has 1 saturated carbocycles. The molecule has 146 valence electrons. The first kappa shape index (κ1) is 18.4. The summed E-state index contributed by atoms with van der Waals surface area (Å²) in [7, 11) is 2.15. The Morgan fingerprint density at radius 2 is 1.74 bits per heavy atom. The van der Waals surface area contributed by atoms with Crippen LogP contribution in [-0.2, 0) is 0 Å². The molecule has 1 aliphatic carbocycles. The van der Waals surface area contributed by atoms with E-state index < -0.39 is 5.66 Å². The number of aliphatic imine (C=N–C) groups is 2. The molecule has 0 bridgehead atoms. The van der Waals surface area contributed by atoms with Gasteiger partial charge in [0.15, 0.2) is 0 Å². The number of benzene rings is 1. The molecule has 0 atom stereocenters. The van der Waals surface area contributed by atoms with E-state index in [-0.39, 0.29) is 5.96 Å². The van der Waals surface area contributed by atoms with Crippen LogP contribution in [0.3, 0.4) is 0 Å². The quantitative estimate of drug-likeness (QED) is 0.809. The van der Waals surface area contributed by atoms with Crippen molar-refractivity contribution in [1.29, 1.82) is 0 Å². The Morgan fingerprint density at radius 1 is 1.04 bits per heavy atom. The number of guanidine groups is 2. The Hall–Kier alpha value is -1.99. The van der Waals surface area contributed by atoms with E-state index in [0.29, 0.717) is 11.0 Å². The molecule has 1 spiro atoms. The molecule has 0 amide bonds. The van der Waals surface area contributed by atoms with Crippen molar-refractivity contribution in [2.24, 2.45) is 21.5 Å². The average Bonchev–Trinajstić information content (AvgIpc) is 2.63. The largest absolute Gasteiger partial charge is 0.369 e. The fourth-order valence-electron chi connectivity index (χ4n) is 4.41. The predicted octanol–water partition coefficient (Wildman–Crippen LogP) is 2.20. The van der Waals surface area contributed by atoms with Gasteiger partial charge in [0, 0.05) is 31.9 Å². The van der Waals surface area contributed by atoms with Crippen LogP contribution in [0.15, 0.2) is 28.2 Å². The topological polar surface area (TPSA) is 86.5 Å². The molecule has 2 heterocycles. The van der Waals surface area contributed by atoms with E-state index in [4.69, 9.17) is 28.1 Å². The highest BCUT2D eigenvalue weighted by Gasteiger charge is 2.43. The summed E-state index contributed by atoms with van der Waals surface area (Å²) in [6.07, 6.45) is 5.20. The first-order valence-corrected chi connectivity index (χ1v) is 10.1. The monoisotopic (exact) mass is 389 g/mol. The molecule has 0 unspecified atom stereocenters. The summed E-state index contributed by atoms with van der Waals surface area (Å²) in [4.78, 5) is 15.7. The van der Waals surface area contributed by atoms with Crippen LogP contribution < -0.4 is 21.3 Å². The Balaban J connectivity index is 1.66. The minimum absolute atomic E-state index is 0.260. The molecular weight excluding hydrogens is 362 g/mol. The third-order valence-electron chi connectivity index (χ3n) is 5.89. The van der Waals surface area contributed by atoms with Gasteiger partial charge in [0.1, 0.15) is 5.66 Å². The van der Waals surface area contributed by atoms with Crippen LogP contribution in [-0.4, -0.2) is 55.7 Å². The van der Waals surface area contributed by atoms with E-state index in [2.05, 4.69) is 27.9 Å². The van der Waals surface area contributed by atoms with Crippen molar-refractivity contribution in [2.75, 3.05) is 43.0 Å². The molecule has 2 aliphatic heterocycles. The number of hydrogen-bond donors (Lipinski definition) is 2. The van der Waals surface area contributed by atoms with E-state index in [1.165, 1.54) is 6.42 Å². The Kier molecular flexibility index (Phi) is 4.90. The summed E-state index contributed by atoms with van der Waals surface area (Å²) < 4.78 is 0. The van der Waals surface area contributed by atoms with Gasteiger partial charge in [0.25, 0.3) is 0 Å². The van der Waals surface area contributed by atoms with E-state index in [0.717, 1.165) is 63.2 Å². The molecule has 8 heteroatoms. The van der Waals surface area contributed by atoms with E-state index in [1.54, 1.807) is 0 Å². The maximum Gasteiger partial charge on any atom is 0.220 e. The van der Waals surface area contributed by atoms with Crippen molar-refractivity contribution in [3.63, 3.8) is 0 Å². The minimum atomic E-state index is -0.465. The fourth-order valence-corrected chi connectivity index (χ4v) is 4.67. The van der Waals surface area contributed by atoms with Gasteiger partial charge >= 0.3 is 0 Å². The van der Waals surface area contributed by atoms with Gasteiger partial charge in [-0.05, 0) is 50.9 Å². The van der Waals surface area contributed by atoms with Crippen LogP contribution in [0.25, 0.3) is 0 Å². The van der Waals surface area contributed by atoms with E-state index in [9.17, 15) is 0 Å². The van der Waals surface area contributed by atoms with Crippen molar-refractivity contribution in [3.05, 3.63) is 23.2 Å². The van der Waals surface area contributed by atoms with Crippen molar-refractivity contribution in [1.82, 2.24) is 4.90 Å². The lowest BCUT2D eigenvalue weighted by Gasteiger charge is -2.46. The standard InChI is InChI=1S/C19H28ClN7/c1-25-9-11-26(12-10-25)14-5-6-16(15(20)13-14)27-18(22)23-17(21)24-19(27)7-3-2-4-8-19/h5-6,13H,2-4,7-12H2,1H3,(H4,21,22,23,24). The van der Waals surface area contributed by atoms with Gasteiger partial charge in [-0.1, -0.05) is 18.0 Å². The SMILES string of the molecule is CN1CCN(c2ccc(N3C(N)=NC(N)=NC34CCCCC4)c(Cl)c2)CC1. The molecule has 27 heavy (non-hydrogen) atoms. The zero-order valence-electron chi connectivity index (χ0n) is 15.9. The number of rotatable bonds is 2. The van der Waals surface area contributed by atoms with Gasteiger partial charge in [-0.25, -0.2) is 4.99 Å². The molecule has 2 fully saturated rings. The molecule has 0 aromatic heterocycles. The molecule has 1 aromatic carbocycles. The summed E-state index contributed by atoms with van der Waals surface area (Å²) in [6, 6.07) is 6.21. The van der Waals surface area contributed by atoms with E-state index in [1.807, 2.05) is 17.0 Å². The second-order valence-corrected chi connectivity index (χ2v) is 8.15. The molecule has 4 rings (SSSR count). The van der Waals surface area contributed by atoms with Crippen molar-refractivity contribution < 1.29 is 0 Å². The Morgan fingerprint density at radius 3 is 2.41 bits per heavy atom. The second kappa shape index (κ2) is 7.20. The van der Waals surface area contributed by atoms with Crippen LogP contribution in [0.1, 0.15) is 32.1 Å². The number of anilines is 2. The fraction of sp³-hybridized carbons (Fsp3) is 0.579. The van der Waals surface area contributed by atoms with Crippen LogP contribution in [0.5, 0.6) is 0 Å². The molecule has 7 nitrogen and oxygen atoms in total. The lowest BCUT2D eigenvalue weighted by Crippen LogP contribution is -2.58. The summed E-state index contributed by atoms with van der Waals surface area (Å²) in [5.74, 6) is 0.634. The molecule has 1 aromatic rings. The highest BCUT2D eigenvalue weighted by Crippen LogP contribution is 2.42. The molecule has 1 saturated heterocycles. The van der Waals surface area contributed by atoms with Crippen LogP contribution in [0.4, 0.5) is 11.4 Å². The maximum atomic E-state index is 6.75. The summed E-state index contributed by atoms with van der Waals surface area (Å²) in [5.41, 5.74) is 13.8. The highest BCUT2D eigenvalue weighted by atomic mass is 35.5. The smallest absolute Gasteiger partial charge is 0.220 e. The number of hydrogen-bond acceptors (Lipinski definition) is 7. The van der Waals surface area contributed by atoms with Crippen molar-refractivity contribution in [3.8, 4) is 0 Å². The summed E-state index contributed by atoms with van der Waals surface area (Å²) in [6.45, 7) is 4.12. The predicted molar refractivity (Wildman–Crippen MR) is 113 cm³/mol. The van der Waals surface area contributed by atoms with Gasteiger partial charge in [-0.15, -0.1) is 0 Å². The number of likely N-dealkylation sites (N-methyl/N-ethyl adjacent to an activating group) is 1. The number of nitrogens with zero attached hydrogens (tertiary/aromatic N) is 5. The van der Waals surface area contributed by atoms with Crippen LogP contribution >= 0.6 is 11.6 Å². The van der Waals surface area contributed by atoms with Crippen molar-refractivity contribution >= 4 is 34.9 Å². The number of halogens is 1. The van der Waals surface area contributed by atoms with Crippen molar-refractivity contribution in [2.45, 2.75) is 37.8 Å². The highest BCUT2D eigenvalue weighted by molar-refractivity contribution is 6.34. The second-order valence-electron chi connectivity index (χ2n) is 7.74. The number of nitrogens with two attached hydrogens (primary N) is 2. The molecular formula is C19H28ClN7. The molecule has 0 radical (unpaired) electrons.